The summed E-state index contributed by atoms with van der Waals surface area (Å²) in [7, 11) is 8.10. The molecule has 1 rings (SSSR count). The molecular weight excluding hydrogens is 176 g/mol. The van der Waals surface area contributed by atoms with Crippen molar-refractivity contribution in [2.45, 2.75) is 12.5 Å². The topological polar surface area (TPSA) is 33.1 Å². The van der Waals surface area contributed by atoms with Crippen LogP contribution in [0.15, 0.2) is 12.3 Å². The van der Waals surface area contributed by atoms with Crippen LogP contribution in [0.1, 0.15) is 18.2 Å². The fraction of sp³-hybridized carbons (Fsp3) is 0.700. The summed E-state index contributed by atoms with van der Waals surface area (Å²) < 4.78 is 1.84. The van der Waals surface area contributed by atoms with E-state index in [1.807, 2.05) is 25.0 Å². The Morgan fingerprint density at radius 2 is 2.29 bits per heavy atom. The van der Waals surface area contributed by atoms with Gasteiger partial charge in [0, 0.05) is 13.2 Å². The van der Waals surface area contributed by atoms with Crippen LogP contribution in [-0.4, -0.2) is 42.4 Å². The maximum atomic E-state index is 4.40. The Hall–Kier alpha value is -0.870. The quantitative estimate of drug-likeness (QED) is 0.750. The van der Waals surface area contributed by atoms with Crippen molar-refractivity contribution in [3.63, 3.8) is 0 Å². The fourth-order valence-electron chi connectivity index (χ4n) is 1.45. The highest BCUT2D eigenvalue weighted by Crippen LogP contribution is 2.13. The molecule has 0 spiro atoms. The van der Waals surface area contributed by atoms with Crippen molar-refractivity contribution in [3.8, 4) is 0 Å². The molecule has 0 saturated heterocycles. The predicted molar refractivity (Wildman–Crippen MR) is 58.2 cm³/mol. The normalized spacial score (nSPS) is 13.5. The van der Waals surface area contributed by atoms with Crippen LogP contribution in [0, 0.1) is 0 Å². The molecule has 1 aromatic rings. The van der Waals surface area contributed by atoms with Gasteiger partial charge >= 0.3 is 0 Å². The molecule has 0 saturated carbocycles. The van der Waals surface area contributed by atoms with Gasteiger partial charge in [0.2, 0.25) is 0 Å². The van der Waals surface area contributed by atoms with Gasteiger partial charge in [-0.25, -0.2) is 0 Å². The van der Waals surface area contributed by atoms with Crippen molar-refractivity contribution < 1.29 is 0 Å². The maximum Gasteiger partial charge on any atom is 0.0794 e. The lowest BCUT2D eigenvalue weighted by Gasteiger charge is -2.16. The van der Waals surface area contributed by atoms with Crippen molar-refractivity contribution in [1.82, 2.24) is 20.0 Å². The lowest BCUT2D eigenvalue weighted by molar-refractivity contribution is 0.365. The second kappa shape index (κ2) is 5.12. The lowest BCUT2D eigenvalue weighted by atomic mass is 10.1. The van der Waals surface area contributed by atoms with E-state index in [0.717, 1.165) is 18.7 Å². The molecule has 4 nitrogen and oxygen atoms in total. The van der Waals surface area contributed by atoms with Crippen LogP contribution in [0.3, 0.4) is 0 Å². The first-order chi connectivity index (χ1) is 6.63. The highest BCUT2D eigenvalue weighted by atomic mass is 15.3. The minimum atomic E-state index is 0.360. The zero-order chi connectivity index (χ0) is 10.6. The third kappa shape index (κ3) is 3.12. The molecule has 0 aliphatic heterocycles. The van der Waals surface area contributed by atoms with Crippen LogP contribution in [0.25, 0.3) is 0 Å². The molecule has 4 heteroatoms. The van der Waals surface area contributed by atoms with E-state index in [0.29, 0.717) is 6.04 Å². The first-order valence-electron chi connectivity index (χ1n) is 4.95. The van der Waals surface area contributed by atoms with Gasteiger partial charge in [-0.3, -0.25) is 4.68 Å². The minimum Gasteiger partial charge on any atom is -0.312 e. The Bertz CT molecular complexity index is 267. The molecule has 1 atom stereocenters. The molecule has 1 heterocycles. The van der Waals surface area contributed by atoms with E-state index in [1.54, 1.807) is 0 Å². The van der Waals surface area contributed by atoms with Crippen LogP contribution in [0.5, 0.6) is 0 Å². The van der Waals surface area contributed by atoms with Gasteiger partial charge in [0.1, 0.15) is 0 Å². The highest BCUT2D eigenvalue weighted by molar-refractivity contribution is 5.05. The minimum absolute atomic E-state index is 0.360. The van der Waals surface area contributed by atoms with Crippen molar-refractivity contribution in [2.24, 2.45) is 7.05 Å². The predicted octanol–water partition coefficient (Wildman–Crippen LogP) is 0.632. The number of aromatic nitrogens is 2. The van der Waals surface area contributed by atoms with Gasteiger partial charge in [-0.1, -0.05) is 0 Å². The molecule has 0 radical (unpaired) electrons. The third-order valence-electron chi connectivity index (χ3n) is 2.30. The van der Waals surface area contributed by atoms with Crippen LogP contribution in [-0.2, 0) is 7.05 Å². The number of rotatable bonds is 5. The van der Waals surface area contributed by atoms with Crippen molar-refractivity contribution in [2.75, 3.05) is 27.7 Å². The van der Waals surface area contributed by atoms with E-state index in [9.17, 15) is 0 Å². The Balaban J connectivity index is 2.54. The summed E-state index contributed by atoms with van der Waals surface area (Å²) in [5.41, 5.74) is 1.12. The van der Waals surface area contributed by atoms with Crippen molar-refractivity contribution in [1.29, 1.82) is 0 Å². The van der Waals surface area contributed by atoms with E-state index in [1.165, 1.54) is 0 Å². The van der Waals surface area contributed by atoms with E-state index in [2.05, 4.69) is 35.5 Å². The van der Waals surface area contributed by atoms with Crippen molar-refractivity contribution >= 4 is 0 Å². The third-order valence-corrected chi connectivity index (χ3v) is 2.30. The molecule has 0 amide bonds. The van der Waals surface area contributed by atoms with E-state index in [4.69, 9.17) is 0 Å². The van der Waals surface area contributed by atoms with Gasteiger partial charge in [-0.2, -0.15) is 5.10 Å². The number of hydrogen-bond acceptors (Lipinski definition) is 3. The van der Waals surface area contributed by atoms with E-state index < -0.39 is 0 Å². The van der Waals surface area contributed by atoms with Gasteiger partial charge in [0.25, 0.3) is 0 Å². The van der Waals surface area contributed by atoms with Gasteiger partial charge in [-0.15, -0.1) is 0 Å². The number of nitrogens with zero attached hydrogens (tertiary/aromatic N) is 3. The first kappa shape index (κ1) is 11.2. The number of aryl methyl sites for hydroxylation is 1. The van der Waals surface area contributed by atoms with Gasteiger partial charge in [-0.05, 0) is 40.2 Å². The zero-order valence-electron chi connectivity index (χ0n) is 9.49. The maximum absolute atomic E-state index is 4.40. The summed E-state index contributed by atoms with van der Waals surface area (Å²) in [6.45, 7) is 1.07. The molecule has 0 fully saturated rings. The summed E-state index contributed by atoms with van der Waals surface area (Å²) in [5.74, 6) is 0. The zero-order valence-corrected chi connectivity index (χ0v) is 9.49. The molecule has 0 aliphatic rings. The molecule has 80 valence electrons. The molecule has 0 aliphatic carbocycles. The molecule has 14 heavy (non-hydrogen) atoms. The Kier molecular flexibility index (Phi) is 4.10. The lowest BCUT2D eigenvalue weighted by Crippen LogP contribution is -2.23. The first-order valence-corrected chi connectivity index (χ1v) is 4.95. The summed E-state index contributed by atoms with van der Waals surface area (Å²) in [5, 5.41) is 7.68. The smallest absolute Gasteiger partial charge is 0.0794 e. The SMILES string of the molecule is CNC(CCN(C)C)c1ccn(C)n1. The molecular formula is C10H20N4. The molecule has 0 bridgehead atoms. The van der Waals surface area contributed by atoms with Gasteiger partial charge in [0.05, 0.1) is 11.7 Å². The monoisotopic (exact) mass is 196 g/mol. The largest absolute Gasteiger partial charge is 0.312 e. The summed E-state index contributed by atoms with van der Waals surface area (Å²) in [6, 6.07) is 2.43. The van der Waals surface area contributed by atoms with Crippen molar-refractivity contribution in [3.05, 3.63) is 18.0 Å². The van der Waals surface area contributed by atoms with Crippen LogP contribution in [0.4, 0.5) is 0 Å². The molecule has 1 aromatic heterocycles. The summed E-state index contributed by atoms with van der Waals surface area (Å²) >= 11 is 0. The fourth-order valence-corrected chi connectivity index (χ4v) is 1.45. The molecule has 1 N–H and O–H groups in total. The van der Waals surface area contributed by atoms with Gasteiger partial charge < -0.3 is 10.2 Å². The highest BCUT2D eigenvalue weighted by Gasteiger charge is 2.11. The van der Waals surface area contributed by atoms with E-state index >= 15 is 0 Å². The van der Waals surface area contributed by atoms with Crippen LogP contribution >= 0.6 is 0 Å². The Labute approximate surface area is 85.9 Å². The van der Waals surface area contributed by atoms with Crippen LogP contribution < -0.4 is 5.32 Å². The second-order valence-corrected chi connectivity index (χ2v) is 3.85. The number of hydrogen-bond donors (Lipinski definition) is 1. The standard InChI is InChI=1S/C10H20N4/c1-11-9(5-7-13(2)3)10-6-8-14(4)12-10/h6,8-9,11H,5,7H2,1-4H3. The number of nitrogens with one attached hydrogen (secondary N) is 1. The molecule has 1 unspecified atom stereocenters. The summed E-state index contributed by atoms with van der Waals surface area (Å²) in [6.07, 6.45) is 3.07. The summed E-state index contributed by atoms with van der Waals surface area (Å²) in [4.78, 5) is 2.19. The second-order valence-electron chi connectivity index (χ2n) is 3.85. The molecule has 0 aromatic carbocycles. The average molecular weight is 196 g/mol. The van der Waals surface area contributed by atoms with Gasteiger partial charge in [0.15, 0.2) is 0 Å². The Morgan fingerprint density at radius 1 is 1.57 bits per heavy atom. The average Bonchev–Trinajstić information content (AvgIpc) is 2.53. The Morgan fingerprint density at radius 3 is 2.71 bits per heavy atom. The van der Waals surface area contributed by atoms with Crippen LogP contribution in [0.2, 0.25) is 0 Å². The van der Waals surface area contributed by atoms with E-state index in [-0.39, 0.29) is 0 Å².